The van der Waals surface area contributed by atoms with Crippen LogP contribution in [-0.2, 0) is 10.2 Å². The van der Waals surface area contributed by atoms with Crippen molar-refractivity contribution in [2.24, 2.45) is 0 Å². The molecule has 0 spiro atoms. The van der Waals surface area contributed by atoms with Crippen molar-refractivity contribution in [3.63, 3.8) is 0 Å². The van der Waals surface area contributed by atoms with Gasteiger partial charge in [0.15, 0.2) is 0 Å². The van der Waals surface area contributed by atoms with Gasteiger partial charge in [0, 0.05) is 16.6 Å². The molecule has 2 aromatic rings. The molecule has 5 heteroatoms. The Kier molecular flexibility index (Phi) is 5.69. The largest absolute Gasteiger partial charge is 0.387 e. The van der Waals surface area contributed by atoms with Crippen molar-refractivity contribution >= 4 is 29.1 Å². The molecule has 0 saturated heterocycles. The van der Waals surface area contributed by atoms with E-state index in [1.54, 1.807) is 36.4 Å². The van der Waals surface area contributed by atoms with Crippen molar-refractivity contribution in [3.05, 3.63) is 69.7 Å². The van der Waals surface area contributed by atoms with Crippen molar-refractivity contribution in [2.45, 2.75) is 25.4 Å². The highest BCUT2D eigenvalue weighted by Gasteiger charge is 2.29. The number of nitrogens with one attached hydrogen (secondary N) is 1. The van der Waals surface area contributed by atoms with Crippen LogP contribution in [-0.4, -0.2) is 17.6 Å². The van der Waals surface area contributed by atoms with Crippen LogP contribution in [0.3, 0.4) is 0 Å². The zero-order valence-corrected chi connectivity index (χ0v) is 14.5. The number of carbonyl (C=O) groups excluding carboxylic acids is 1. The van der Waals surface area contributed by atoms with E-state index in [9.17, 15) is 9.90 Å². The minimum absolute atomic E-state index is 0.136. The van der Waals surface area contributed by atoms with Crippen LogP contribution in [0, 0.1) is 0 Å². The Morgan fingerprint density at radius 2 is 1.52 bits per heavy atom. The number of rotatable bonds is 5. The molecule has 0 aliphatic heterocycles. The first kappa shape index (κ1) is 17.8. The van der Waals surface area contributed by atoms with Crippen LogP contribution < -0.4 is 5.32 Å². The van der Waals surface area contributed by atoms with Crippen molar-refractivity contribution in [3.8, 4) is 0 Å². The van der Waals surface area contributed by atoms with Gasteiger partial charge in [-0.2, -0.15) is 0 Å². The summed E-state index contributed by atoms with van der Waals surface area (Å²) in [6.07, 6.45) is -0.780. The van der Waals surface area contributed by atoms with Gasteiger partial charge >= 0.3 is 0 Å². The highest BCUT2D eigenvalue weighted by Crippen LogP contribution is 2.25. The predicted octanol–water partition coefficient (Wildman–Crippen LogP) is 4.12. The van der Waals surface area contributed by atoms with Gasteiger partial charge in [0.25, 0.3) is 0 Å². The third-order valence-corrected chi connectivity index (χ3v) is 4.35. The molecule has 1 atom stereocenters. The normalized spacial score (nSPS) is 12.7. The van der Waals surface area contributed by atoms with Crippen molar-refractivity contribution in [1.82, 2.24) is 5.32 Å². The molecule has 0 aliphatic rings. The lowest BCUT2D eigenvalue weighted by Gasteiger charge is -2.25. The standard InChI is InChI=1S/C18H19Cl2NO2/c1-18(2,13-5-9-15(20)10-6-13)17(23)21-11-16(22)12-3-7-14(19)8-4-12/h3-10,16,22H,11H2,1-2H3,(H,21,23). The lowest BCUT2D eigenvalue weighted by atomic mass is 9.83. The number of amides is 1. The molecule has 0 fully saturated rings. The van der Waals surface area contributed by atoms with Crippen LogP contribution in [0.15, 0.2) is 48.5 Å². The lowest BCUT2D eigenvalue weighted by molar-refractivity contribution is -0.126. The molecule has 0 radical (unpaired) electrons. The number of carbonyl (C=O) groups is 1. The fourth-order valence-corrected chi connectivity index (χ4v) is 2.46. The summed E-state index contributed by atoms with van der Waals surface area (Å²) in [5, 5.41) is 14.2. The van der Waals surface area contributed by atoms with Crippen LogP contribution in [0.1, 0.15) is 31.1 Å². The summed E-state index contributed by atoms with van der Waals surface area (Å²) in [6, 6.07) is 14.1. The van der Waals surface area contributed by atoms with Crippen LogP contribution in [0.2, 0.25) is 10.0 Å². The molecular weight excluding hydrogens is 333 g/mol. The van der Waals surface area contributed by atoms with Gasteiger partial charge in [-0.25, -0.2) is 0 Å². The summed E-state index contributed by atoms with van der Waals surface area (Å²) < 4.78 is 0. The Bertz CT molecular complexity index is 666. The third kappa shape index (κ3) is 4.47. The highest BCUT2D eigenvalue weighted by molar-refractivity contribution is 6.30. The molecule has 2 N–H and O–H groups in total. The van der Waals surface area contributed by atoms with Gasteiger partial charge in [0.1, 0.15) is 0 Å². The number of aliphatic hydroxyl groups excluding tert-OH is 1. The Hall–Kier alpha value is -1.55. The van der Waals surface area contributed by atoms with Gasteiger partial charge in [-0.05, 0) is 49.2 Å². The van der Waals surface area contributed by atoms with E-state index in [4.69, 9.17) is 23.2 Å². The fraction of sp³-hybridized carbons (Fsp3) is 0.278. The molecule has 0 aliphatic carbocycles. The molecule has 1 amide bonds. The van der Waals surface area contributed by atoms with Gasteiger partial charge < -0.3 is 10.4 Å². The van der Waals surface area contributed by atoms with E-state index < -0.39 is 11.5 Å². The van der Waals surface area contributed by atoms with Crippen molar-refractivity contribution in [1.29, 1.82) is 0 Å². The minimum Gasteiger partial charge on any atom is -0.387 e. The summed E-state index contributed by atoms with van der Waals surface area (Å²) in [5.41, 5.74) is 0.851. The molecule has 2 aromatic carbocycles. The molecular formula is C18H19Cl2NO2. The first-order valence-electron chi connectivity index (χ1n) is 7.28. The molecule has 122 valence electrons. The first-order chi connectivity index (χ1) is 10.8. The Balaban J connectivity index is 2.00. The second-order valence-electron chi connectivity index (χ2n) is 5.91. The van der Waals surface area contributed by atoms with E-state index in [0.717, 1.165) is 5.56 Å². The second-order valence-corrected chi connectivity index (χ2v) is 6.78. The van der Waals surface area contributed by atoms with Crippen LogP contribution in [0.5, 0.6) is 0 Å². The number of aliphatic hydroxyl groups is 1. The van der Waals surface area contributed by atoms with E-state index >= 15 is 0 Å². The maximum atomic E-state index is 12.5. The zero-order valence-electron chi connectivity index (χ0n) is 13.0. The molecule has 1 unspecified atom stereocenters. The molecule has 0 bridgehead atoms. The van der Waals surface area contributed by atoms with Crippen molar-refractivity contribution < 1.29 is 9.90 Å². The average Bonchev–Trinajstić information content (AvgIpc) is 2.53. The Morgan fingerprint density at radius 3 is 2.04 bits per heavy atom. The zero-order chi connectivity index (χ0) is 17.0. The topological polar surface area (TPSA) is 49.3 Å². The van der Waals surface area contributed by atoms with E-state index in [1.165, 1.54) is 0 Å². The maximum absolute atomic E-state index is 12.5. The average molecular weight is 352 g/mol. The summed E-state index contributed by atoms with van der Waals surface area (Å²) in [4.78, 5) is 12.5. The Labute approximate surface area is 146 Å². The first-order valence-corrected chi connectivity index (χ1v) is 8.04. The number of hydrogen-bond acceptors (Lipinski definition) is 2. The van der Waals surface area contributed by atoms with Crippen LogP contribution in [0.4, 0.5) is 0 Å². The predicted molar refractivity (Wildman–Crippen MR) is 93.9 cm³/mol. The summed E-state index contributed by atoms with van der Waals surface area (Å²) in [5.74, 6) is -0.159. The summed E-state index contributed by atoms with van der Waals surface area (Å²) in [7, 11) is 0. The SMILES string of the molecule is CC(C)(C(=O)NCC(O)c1ccc(Cl)cc1)c1ccc(Cl)cc1. The second kappa shape index (κ2) is 7.35. The summed E-state index contributed by atoms with van der Waals surface area (Å²) >= 11 is 11.7. The van der Waals surface area contributed by atoms with Gasteiger partial charge in [0.05, 0.1) is 11.5 Å². The van der Waals surface area contributed by atoms with Crippen LogP contribution >= 0.6 is 23.2 Å². The van der Waals surface area contributed by atoms with E-state index in [1.807, 2.05) is 26.0 Å². The summed E-state index contributed by atoms with van der Waals surface area (Å²) in [6.45, 7) is 3.80. The third-order valence-electron chi connectivity index (χ3n) is 3.84. The fourth-order valence-electron chi connectivity index (χ4n) is 2.21. The van der Waals surface area contributed by atoms with E-state index in [-0.39, 0.29) is 12.5 Å². The van der Waals surface area contributed by atoms with Gasteiger partial charge in [-0.3, -0.25) is 4.79 Å². The monoisotopic (exact) mass is 351 g/mol. The van der Waals surface area contributed by atoms with Crippen molar-refractivity contribution in [2.75, 3.05) is 6.54 Å². The smallest absolute Gasteiger partial charge is 0.230 e. The molecule has 3 nitrogen and oxygen atoms in total. The maximum Gasteiger partial charge on any atom is 0.230 e. The van der Waals surface area contributed by atoms with Gasteiger partial charge in [-0.1, -0.05) is 47.5 Å². The van der Waals surface area contributed by atoms with Crippen LogP contribution in [0.25, 0.3) is 0 Å². The Morgan fingerprint density at radius 1 is 1.04 bits per heavy atom. The number of halogens is 2. The van der Waals surface area contributed by atoms with E-state index in [2.05, 4.69) is 5.32 Å². The quantitative estimate of drug-likeness (QED) is 0.850. The molecule has 23 heavy (non-hydrogen) atoms. The molecule has 2 rings (SSSR count). The highest BCUT2D eigenvalue weighted by atomic mass is 35.5. The number of hydrogen-bond donors (Lipinski definition) is 2. The van der Waals surface area contributed by atoms with Gasteiger partial charge in [0.2, 0.25) is 5.91 Å². The van der Waals surface area contributed by atoms with Gasteiger partial charge in [-0.15, -0.1) is 0 Å². The minimum atomic E-state index is -0.780. The molecule has 0 heterocycles. The molecule has 0 saturated carbocycles. The van der Waals surface area contributed by atoms with E-state index in [0.29, 0.717) is 15.6 Å². The molecule has 0 aromatic heterocycles. The number of benzene rings is 2. The lowest BCUT2D eigenvalue weighted by Crippen LogP contribution is -2.41.